The number of rotatable bonds is 4. The molecule has 1 aliphatic heterocycles. The van der Waals surface area contributed by atoms with Gasteiger partial charge in [0, 0.05) is 41.0 Å². The Morgan fingerprint density at radius 3 is 2.50 bits per heavy atom. The lowest BCUT2D eigenvalue weighted by atomic mass is 10.1. The van der Waals surface area contributed by atoms with Crippen molar-refractivity contribution in [1.29, 1.82) is 0 Å². The monoisotopic (exact) mass is 431 g/mol. The molecule has 1 amide bonds. The van der Waals surface area contributed by atoms with Gasteiger partial charge in [-0.3, -0.25) is 9.69 Å². The van der Waals surface area contributed by atoms with E-state index in [-0.39, 0.29) is 10.9 Å². The summed E-state index contributed by atoms with van der Waals surface area (Å²) in [4.78, 5) is 19.0. The summed E-state index contributed by atoms with van der Waals surface area (Å²) < 4.78 is 39.7. The molecule has 152 valence electrons. The number of alkyl halides is 3. The number of anilines is 1. The number of halogens is 4. The topological polar surface area (TPSA) is 45.2 Å². The predicted octanol–water partition coefficient (Wildman–Crippen LogP) is 5.81. The summed E-state index contributed by atoms with van der Waals surface area (Å²) >= 11 is 7.25. The Morgan fingerprint density at radius 1 is 1.29 bits per heavy atom. The summed E-state index contributed by atoms with van der Waals surface area (Å²) in [6.07, 6.45) is -2.36. The van der Waals surface area contributed by atoms with Gasteiger partial charge in [0.05, 0.1) is 11.3 Å². The maximum atomic E-state index is 13.2. The van der Waals surface area contributed by atoms with E-state index in [2.05, 4.69) is 29.0 Å². The zero-order valence-electron chi connectivity index (χ0n) is 15.7. The SMILES string of the molecule is CC(=O)Nc1nc(-c2cc(Cl)cc(C(F)(F)F)c2)c(CN2[C@H](C)CC[C@H]2C)s1. The van der Waals surface area contributed by atoms with E-state index in [1.165, 1.54) is 24.3 Å². The zero-order chi connectivity index (χ0) is 20.6. The molecule has 2 heterocycles. The first kappa shape index (κ1) is 21.1. The number of amides is 1. The van der Waals surface area contributed by atoms with Gasteiger partial charge in [0.1, 0.15) is 0 Å². The molecule has 2 atom stereocenters. The fourth-order valence-corrected chi connectivity index (χ4v) is 4.78. The van der Waals surface area contributed by atoms with Crippen molar-refractivity contribution in [3.05, 3.63) is 33.7 Å². The molecular weight excluding hydrogens is 411 g/mol. The Kier molecular flexibility index (Phi) is 6.03. The van der Waals surface area contributed by atoms with Gasteiger partial charge in [-0.1, -0.05) is 22.9 Å². The maximum absolute atomic E-state index is 13.2. The van der Waals surface area contributed by atoms with Gasteiger partial charge >= 0.3 is 6.18 Å². The van der Waals surface area contributed by atoms with Crippen molar-refractivity contribution >= 4 is 34.0 Å². The van der Waals surface area contributed by atoms with E-state index < -0.39 is 11.7 Å². The average Bonchev–Trinajstić information content (AvgIpc) is 3.11. The second-order valence-electron chi connectivity index (χ2n) is 7.15. The molecule has 0 saturated carbocycles. The van der Waals surface area contributed by atoms with Gasteiger partial charge in [0.15, 0.2) is 5.13 Å². The summed E-state index contributed by atoms with van der Waals surface area (Å²) in [5.74, 6) is -0.281. The lowest BCUT2D eigenvalue weighted by molar-refractivity contribution is -0.137. The number of aromatic nitrogens is 1. The van der Waals surface area contributed by atoms with E-state index in [4.69, 9.17) is 11.6 Å². The molecule has 3 rings (SSSR count). The molecule has 4 nitrogen and oxygen atoms in total. The summed E-state index contributed by atoms with van der Waals surface area (Å²) in [6, 6.07) is 4.18. The number of carbonyl (C=O) groups is 1. The molecule has 0 bridgehead atoms. The van der Waals surface area contributed by atoms with E-state index in [0.717, 1.165) is 29.9 Å². The highest BCUT2D eigenvalue weighted by atomic mass is 35.5. The van der Waals surface area contributed by atoms with Crippen LogP contribution in [0.25, 0.3) is 11.3 Å². The molecule has 0 radical (unpaired) electrons. The highest BCUT2D eigenvalue weighted by Crippen LogP contribution is 2.39. The van der Waals surface area contributed by atoms with Crippen molar-refractivity contribution in [3.8, 4) is 11.3 Å². The Labute approximate surface area is 170 Å². The first-order chi connectivity index (χ1) is 13.0. The van der Waals surface area contributed by atoms with Gasteiger partial charge in [-0.15, -0.1) is 0 Å². The highest BCUT2D eigenvalue weighted by Gasteiger charge is 2.33. The molecule has 28 heavy (non-hydrogen) atoms. The third-order valence-electron chi connectivity index (χ3n) is 4.94. The highest BCUT2D eigenvalue weighted by molar-refractivity contribution is 7.16. The van der Waals surface area contributed by atoms with Crippen molar-refractivity contribution in [3.63, 3.8) is 0 Å². The number of carbonyl (C=O) groups excluding carboxylic acids is 1. The van der Waals surface area contributed by atoms with Crippen LogP contribution in [0, 0.1) is 0 Å². The minimum Gasteiger partial charge on any atom is -0.302 e. The third-order valence-corrected chi connectivity index (χ3v) is 6.11. The van der Waals surface area contributed by atoms with Gasteiger partial charge in [0.25, 0.3) is 0 Å². The maximum Gasteiger partial charge on any atom is 0.416 e. The fraction of sp³-hybridized carbons (Fsp3) is 0.474. The number of hydrogen-bond donors (Lipinski definition) is 1. The average molecular weight is 432 g/mol. The molecule has 2 aromatic rings. The van der Waals surface area contributed by atoms with Crippen LogP contribution in [0.15, 0.2) is 18.2 Å². The molecule has 9 heteroatoms. The Morgan fingerprint density at radius 2 is 1.93 bits per heavy atom. The van der Waals surface area contributed by atoms with Crippen molar-refractivity contribution in [2.24, 2.45) is 0 Å². The minimum atomic E-state index is -4.51. The van der Waals surface area contributed by atoms with Gasteiger partial charge in [0.2, 0.25) is 5.91 Å². The molecule has 1 aromatic carbocycles. The first-order valence-corrected chi connectivity index (χ1v) is 10.1. The number of likely N-dealkylation sites (tertiary alicyclic amines) is 1. The van der Waals surface area contributed by atoms with E-state index >= 15 is 0 Å². The molecular formula is C19H21ClF3N3OS. The number of benzene rings is 1. The van der Waals surface area contributed by atoms with Crippen LogP contribution in [-0.2, 0) is 17.5 Å². The number of thiazole rings is 1. The molecule has 0 spiro atoms. The lowest BCUT2D eigenvalue weighted by Gasteiger charge is -2.25. The summed E-state index contributed by atoms with van der Waals surface area (Å²) in [6.45, 7) is 6.20. The van der Waals surface area contributed by atoms with Crippen LogP contribution >= 0.6 is 22.9 Å². The Bertz CT molecular complexity index is 874. The molecule has 1 fully saturated rings. The molecule has 1 N–H and O–H groups in total. The molecule has 1 aliphatic rings. The third kappa shape index (κ3) is 4.67. The van der Waals surface area contributed by atoms with Gasteiger partial charge in [-0.2, -0.15) is 13.2 Å². The lowest BCUT2D eigenvalue weighted by Crippen LogP contribution is -2.31. The van der Waals surface area contributed by atoms with Crippen LogP contribution < -0.4 is 5.32 Å². The zero-order valence-corrected chi connectivity index (χ0v) is 17.3. The van der Waals surface area contributed by atoms with E-state index in [0.29, 0.717) is 35.0 Å². The van der Waals surface area contributed by atoms with Crippen LogP contribution in [0.3, 0.4) is 0 Å². The fourth-order valence-electron chi connectivity index (χ4n) is 3.50. The minimum absolute atomic E-state index is 0.00670. The second kappa shape index (κ2) is 8.00. The molecule has 1 aromatic heterocycles. The quantitative estimate of drug-likeness (QED) is 0.664. The predicted molar refractivity (Wildman–Crippen MR) is 106 cm³/mol. The smallest absolute Gasteiger partial charge is 0.302 e. The number of nitrogens with one attached hydrogen (secondary N) is 1. The Hall–Kier alpha value is -1.64. The van der Waals surface area contributed by atoms with Crippen molar-refractivity contribution in [2.45, 2.75) is 58.4 Å². The van der Waals surface area contributed by atoms with Crippen LogP contribution in [0.2, 0.25) is 5.02 Å². The van der Waals surface area contributed by atoms with Gasteiger partial charge < -0.3 is 5.32 Å². The molecule has 1 saturated heterocycles. The summed E-state index contributed by atoms with van der Waals surface area (Å²) in [7, 11) is 0. The van der Waals surface area contributed by atoms with Crippen LogP contribution in [-0.4, -0.2) is 27.9 Å². The summed E-state index contributed by atoms with van der Waals surface area (Å²) in [5.41, 5.74) is -0.104. The first-order valence-electron chi connectivity index (χ1n) is 8.95. The van der Waals surface area contributed by atoms with E-state index in [9.17, 15) is 18.0 Å². The Balaban J connectivity index is 2.05. The van der Waals surface area contributed by atoms with E-state index in [1.54, 1.807) is 0 Å². The van der Waals surface area contributed by atoms with Crippen molar-refractivity contribution in [2.75, 3.05) is 5.32 Å². The normalized spacial score (nSPS) is 20.5. The van der Waals surface area contributed by atoms with E-state index in [1.807, 2.05) is 0 Å². The van der Waals surface area contributed by atoms with Gasteiger partial charge in [-0.05, 0) is 44.9 Å². The van der Waals surface area contributed by atoms with Crippen molar-refractivity contribution < 1.29 is 18.0 Å². The van der Waals surface area contributed by atoms with Gasteiger partial charge in [-0.25, -0.2) is 4.98 Å². The van der Waals surface area contributed by atoms with Crippen LogP contribution in [0.5, 0.6) is 0 Å². The standard InChI is InChI=1S/C19H21ClF3N3OS/c1-10-4-5-11(2)26(10)9-16-17(25-18(28-16)24-12(3)27)13-6-14(19(21,22)23)8-15(20)7-13/h6-8,10-11H,4-5,9H2,1-3H3,(H,24,25,27)/t10-,11-/m1/s1. The number of nitrogens with zero attached hydrogens (tertiary/aromatic N) is 2. The summed E-state index contributed by atoms with van der Waals surface area (Å²) in [5, 5.41) is 3.00. The second-order valence-corrected chi connectivity index (χ2v) is 8.67. The van der Waals surface area contributed by atoms with Crippen LogP contribution in [0.4, 0.5) is 18.3 Å². The van der Waals surface area contributed by atoms with Crippen LogP contribution in [0.1, 0.15) is 44.1 Å². The van der Waals surface area contributed by atoms with Crippen molar-refractivity contribution in [1.82, 2.24) is 9.88 Å². The largest absolute Gasteiger partial charge is 0.416 e. The molecule has 0 unspecified atom stereocenters. The number of hydrogen-bond acceptors (Lipinski definition) is 4. The molecule has 0 aliphatic carbocycles.